The van der Waals surface area contributed by atoms with E-state index < -0.39 is 0 Å². The number of benzene rings is 2. The number of hydrogen-bond acceptors (Lipinski definition) is 4. The van der Waals surface area contributed by atoms with E-state index in [1.165, 1.54) is 4.90 Å². The Bertz CT molecular complexity index is 1080. The first kappa shape index (κ1) is 19.4. The Labute approximate surface area is 173 Å². The summed E-state index contributed by atoms with van der Waals surface area (Å²) in [5.41, 5.74) is 2.30. The van der Waals surface area contributed by atoms with E-state index in [2.05, 4.69) is 15.7 Å². The lowest BCUT2D eigenvalue weighted by atomic mass is 10.1. The lowest BCUT2D eigenvalue weighted by Crippen LogP contribution is -2.42. The second-order valence-corrected chi connectivity index (χ2v) is 6.95. The van der Waals surface area contributed by atoms with Gasteiger partial charge in [0.05, 0.1) is 24.1 Å². The first-order chi connectivity index (χ1) is 14.6. The predicted molar refractivity (Wildman–Crippen MR) is 113 cm³/mol. The zero-order valence-corrected chi connectivity index (χ0v) is 16.2. The van der Waals surface area contributed by atoms with Gasteiger partial charge in [0, 0.05) is 18.9 Å². The van der Waals surface area contributed by atoms with Crippen molar-refractivity contribution < 1.29 is 14.4 Å². The summed E-state index contributed by atoms with van der Waals surface area (Å²) in [4.78, 5) is 38.4. The van der Waals surface area contributed by atoms with Gasteiger partial charge in [-0.1, -0.05) is 42.5 Å². The van der Waals surface area contributed by atoms with E-state index in [4.69, 9.17) is 0 Å². The molecule has 0 spiro atoms. The van der Waals surface area contributed by atoms with E-state index in [9.17, 15) is 14.4 Å². The van der Waals surface area contributed by atoms with Crippen LogP contribution in [0.5, 0.6) is 0 Å². The minimum absolute atomic E-state index is 0.000268. The molecule has 0 radical (unpaired) electrons. The van der Waals surface area contributed by atoms with E-state index >= 15 is 0 Å². The molecule has 0 atom stereocenters. The first-order valence-corrected chi connectivity index (χ1v) is 9.65. The molecule has 8 heteroatoms. The van der Waals surface area contributed by atoms with Crippen molar-refractivity contribution in [3.8, 4) is 0 Å². The van der Waals surface area contributed by atoms with Crippen LogP contribution in [0.3, 0.4) is 0 Å². The van der Waals surface area contributed by atoms with Crippen molar-refractivity contribution in [2.75, 3.05) is 22.1 Å². The van der Waals surface area contributed by atoms with Crippen LogP contribution in [0.4, 0.5) is 17.2 Å². The molecular weight excluding hydrogens is 382 g/mol. The molecule has 1 aliphatic rings. The van der Waals surface area contributed by atoms with Gasteiger partial charge in [-0.2, -0.15) is 5.10 Å². The SMILES string of the molecule is O=C1CN(C(=O)CCC(=O)Nc2ccnn2Cc2ccccc2)c2ccccc2N1. The van der Waals surface area contributed by atoms with Crippen molar-refractivity contribution in [1.29, 1.82) is 0 Å². The molecule has 1 aliphatic heterocycles. The predicted octanol–water partition coefficient (Wildman–Crippen LogP) is 2.64. The highest BCUT2D eigenvalue weighted by atomic mass is 16.2. The molecule has 3 aromatic rings. The van der Waals surface area contributed by atoms with Gasteiger partial charge in [-0.15, -0.1) is 0 Å². The molecule has 3 amide bonds. The maximum atomic E-state index is 12.7. The second-order valence-electron chi connectivity index (χ2n) is 6.95. The maximum Gasteiger partial charge on any atom is 0.244 e. The topological polar surface area (TPSA) is 96.3 Å². The number of rotatable bonds is 6. The Morgan fingerprint density at radius 1 is 1.00 bits per heavy atom. The van der Waals surface area contributed by atoms with Gasteiger partial charge in [-0.25, -0.2) is 4.68 Å². The number of amides is 3. The summed E-state index contributed by atoms with van der Waals surface area (Å²) in [5.74, 6) is -0.242. The number of fused-ring (bicyclic) bond motifs is 1. The van der Waals surface area contributed by atoms with Gasteiger partial charge in [-0.05, 0) is 17.7 Å². The lowest BCUT2D eigenvalue weighted by Gasteiger charge is -2.29. The van der Waals surface area contributed by atoms with Gasteiger partial charge < -0.3 is 15.5 Å². The first-order valence-electron chi connectivity index (χ1n) is 9.65. The summed E-state index contributed by atoms with van der Waals surface area (Å²) in [6.45, 7) is 0.476. The van der Waals surface area contributed by atoms with Crippen LogP contribution in [0.25, 0.3) is 0 Å². The molecule has 4 rings (SSSR count). The van der Waals surface area contributed by atoms with Crippen LogP contribution in [-0.2, 0) is 20.9 Å². The average Bonchev–Trinajstić information content (AvgIpc) is 3.18. The normalized spacial score (nSPS) is 12.8. The molecule has 0 unspecified atom stereocenters. The molecule has 30 heavy (non-hydrogen) atoms. The number of hydrogen-bond donors (Lipinski definition) is 2. The number of aromatic nitrogens is 2. The number of anilines is 3. The highest BCUT2D eigenvalue weighted by Crippen LogP contribution is 2.29. The van der Waals surface area contributed by atoms with Crippen LogP contribution >= 0.6 is 0 Å². The third kappa shape index (κ3) is 4.38. The molecule has 0 saturated heterocycles. The van der Waals surface area contributed by atoms with E-state index in [0.717, 1.165) is 5.56 Å². The van der Waals surface area contributed by atoms with Gasteiger partial charge in [0.1, 0.15) is 12.4 Å². The van der Waals surface area contributed by atoms with E-state index in [-0.39, 0.29) is 37.1 Å². The van der Waals surface area contributed by atoms with Gasteiger partial charge in [0.15, 0.2) is 0 Å². The molecule has 0 fully saturated rings. The molecule has 0 bridgehead atoms. The Hall–Kier alpha value is -3.94. The number of carbonyl (C=O) groups excluding carboxylic acids is 3. The largest absolute Gasteiger partial charge is 0.323 e. The smallest absolute Gasteiger partial charge is 0.244 e. The average molecular weight is 403 g/mol. The fraction of sp³-hybridized carbons (Fsp3) is 0.182. The zero-order chi connectivity index (χ0) is 20.9. The summed E-state index contributed by atoms with van der Waals surface area (Å²) < 4.78 is 1.69. The van der Waals surface area contributed by atoms with Crippen LogP contribution in [0, 0.1) is 0 Å². The van der Waals surface area contributed by atoms with Crippen molar-refractivity contribution in [3.63, 3.8) is 0 Å². The minimum Gasteiger partial charge on any atom is -0.323 e. The highest BCUT2D eigenvalue weighted by molar-refractivity contribution is 6.10. The second kappa shape index (κ2) is 8.60. The molecule has 1 aromatic heterocycles. The lowest BCUT2D eigenvalue weighted by molar-refractivity contribution is -0.124. The van der Waals surface area contributed by atoms with Crippen molar-refractivity contribution in [1.82, 2.24) is 9.78 Å². The molecule has 152 valence electrons. The summed E-state index contributed by atoms with van der Waals surface area (Å²) in [6, 6.07) is 18.6. The van der Waals surface area contributed by atoms with Crippen LogP contribution in [0.1, 0.15) is 18.4 Å². The van der Waals surface area contributed by atoms with Crippen LogP contribution in [-0.4, -0.2) is 34.0 Å². The fourth-order valence-corrected chi connectivity index (χ4v) is 3.34. The van der Waals surface area contributed by atoms with Crippen LogP contribution < -0.4 is 15.5 Å². The van der Waals surface area contributed by atoms with Crippen molar-refractivity contribution in [3.05, 3.63) is 72.4 Å². The molecule has 2 N–H and O–H groups in total. The fourth-order valence-electron chi connectivity index (χ4n) is 3.34. The van der Waals surface area contributed by atoms with Crippen molar-refractivity contribution in [2.45, 2.75) is 19.4 Å². The number of nitrogens with zero attached hydrogens (tertiary/aromatic N) is 3. The number of carbonyl (C=O) groups is 3. The Morgan fingerprint density at radius 2 is 1.77 bits per heavy atom. The van der Waals surface area contributed by atoms with Gasteiger partial charge in [0.2, 0.25) is 17.7 Å². The van der Waals surface area contributed by atoms with Gasteiger partial charge in [0.25, 0.3) is 0 Å². The summed E-state index contributed by atoms with van der Waals surface area (Å²) in [6.07, 6.45) is 1.63. The Morgan fingerprint density at radius 3 is 2.60 bits per heavy atom. The third-order valence-electron chi connectivity index (χ3n) is 4.80. The summed E-state index contributed by atoms with van der Waals surface area (Å²) in [5, 5.41) is 9.80. The monoisotopic (exact) mass is 403 g/mol. The molecule has 0 aliphatic carbocycles. The van der Waals surface area contributed by atoms with Gasteiger partial charge >= 0.3 is 0 Å². The van der Waals surface area contributed by atoms with Crippen molar-refractivity contribution >= 4 is 34.9 Å². The van der Waals surface area contributed by atoms with Crippen LogP contribution in [0.15, 0.2) is 66.9 Å². The molecule has 2 heterocycles. The number of nitrogens with one attached hydrogen (secondary N) is 2. The maximum absolute atomic E-state index is 12.7. The van der Waals surface area contributed by atoms with Crippen LogP contribution in [0.2, 0.25) is 0 Å². The Kier molecular flexibility index (Phi) is 5.56. The van der Waals surface area contributed by atoms with E-state index in [0.29, 0.717) is 23.7 Å². The van der Waals surface area contributed by atoms with Crippen molar-refractivity contribution in [2.24, 2.45) is 0 Å². The summed E-state index contributed by atoms with van der Waals surface area (Å²) >= 11 is 0. The molecule has 8 nitrogen and oxygen atoms in total. The summed E-state index contributed by atoms with van der Waals surface area (Å²) in [7, 11) is 0. The minimum atomic E-state index is -0.284. The Balaban J connectivity index is 1.35. The highest BCUT2D eigenvalue weighted by Gasteiger charge is 2.26. The molecular formula is C22H21N5O3. The zero-order valence-electron chi connectivity index (χ0n) is 16.2. The quantitative estimate of drug-likeness (QED) is 0.661. The van der Waals surface area contributed by atoms with E-state index in [1.807, 2.05) is 30.3 Å². The molecule has 0 saturated carbocycles. The third-order valence-corrected chi connectivity index (χ3v) is 4.80. The van der Waals surface area contributed by atoms with Gasteiger partial charge in [-0.3, -0.25) is 14.4 Å². The van der Waals surface area contributed by atoms with E-state index in [1.54, 1.807) is 41.2 Å². The number of para-hydroxylation sites is 2. The standard InChI is InChI=1S/C22H21N5O3/c28-20(25-19-12-13-23-27(19)14-16-6-2-1-3-7-16)10-11-22(30)26-15-21(29)24-17-8-4-5-9-18(17)26/h1-9,12-13H,10-11,14-15H2,(H,24,29)(H,25,28). The molecule has 2 aromatic carbocycles.